The summed E-state index contributed by atoms with van der Waals surface area (Å²) in [7, 11) is 0. The molecule has 0 saturated carbocycles. The van der Waals surface area contributed by atoms with Crippen molar-refractivity contribution in [2.24, 2.45) is 0 Å². The molecule has 7 N–H and O–H groups in total. The Morgan fingerprint density at radius 1 is 0.684 bits per heavy atom. The van der Waals surface area contributed by atoms with E-state index in [2.05, 4.69) is 0 Å². The van der Waals surface area contributed by atoms with E-state index in [4.69, 9.17) is 68.0 Å². The van der Waals surface area contributed by atoms with Gasteiger partial charge in [0.1, 0.15) is 67.1 Å². The van der Waals surface area contributed by atoms with E-state index in [1.807, 2.05) is 6.07 Å². The van der Waals surface area contributed by atoms with Crippen molar-refractivity contribution in [2.75, 3.05) is 13.2 Å². The van der Waals surface area contributed by atoms with Crippen molar-refractivity contribution in [1.29, 1.82) is 0 Å². The Morgan fingerprint density at radius 2 is 1.18 bits per heavy atom. The van der Waals surface area contributed by atoms with Crippen LogP contribution in [0, 0.1) is 0 Å². The first-order valence-electron chi connectivity index (χ1n) is 18.1. The lowest BCUT2D eigenvalue weighted by atomic mass is 9.96. The number of hydrogen-bond donors (Lipinski definition) is 7. The normalized spacial score (nSPS) is 30.0. The predicted octanol–water partition coefficient (Wildman–Crippen LogP) is 1.93. The molecular weight excluding hydrogens is 815 g/mol. The van der Waals surface area contributed by atoms with E-state index >= 15 is 0 Å². The van der Waals surface area contributed by atoms with Crippen LogP contribution in [-0.2, 0) is 57.8 Å². The van der Waals surface area contributed by atoms with E-state index < -0.39 is 99.0 Å². The van der Waals surface area contributed by atoms with Crippen molar-refractivity contribution in [3.63, 3.8) is 0 Å². The molecule has 2 aliphatic rings. The molecule has 0 aliphatic carbocycles. The zero-order chi connectivity index (χ0) is 41.2. The number of aliphatic hydroxyl groups is 7. The van der Waals surface area contributed by atoms with Crippen molar-refractivity contribution < 1.29 is 73.7 Å². The van der Waals surface area contributed by atoms with Crippen molar-refractivity contribution >= 4 is 41.1 Å². The van der Waals surface area contributed by atoms with Gasteiger partial charge in [-0.15, -0.1) is 0 Å². The highest BCUT2D eigenvalue weighted by molar-refractivity contribution is 6.31. The van der Waals surface area contributed by atoms with Crippen LogP contribution in [0.5, 0.6) is 0 Å². The molecule has 57 heavy (non-hydrogen) atoms. The lowest BCUT2D eigenvalue weighted by Crippen LogP contribution is -2.66. The molecule has 2 saturated heterocycles. The van der Waals surface area contributed by atoms with Crippen LogP contribution in [0.2, 0.25) is 15.1 Å². The largest absolute Gasteiger partial charge is 0.394 e. The summed E-state index contributed by atoms with van der Waals surface area (Å²) in [5.41, 5.74) is 1.90. The molecule has 2 fully saturated rings. The molecule has 0 aromatic heterocycles. The minimum absolute atomic E-state index is 0.0128. The number of hydrogen-bond acceptors (Lipinski definition) is 15. The Labute approximate surface area is 344 Å². The maximum atomic E-state index is 11.5. The van der Waals surface area contributed by atoms with Gasteiger partial charge >= 0.3 is 0 Å². The number of aliphatic hydroxyl groups excluding tert-OH is 7. The van der Waals surface area contributed by atoms with Gasteiger partial charge < -0.3 is 73.7 Å². The molecular formula is C39H47Cl3O15. The molecule has 15 nitrogen and oxygen atoms in total. The average Bonchev–Trinajstić information content (AvgIpc) is 3.21. The predicted molar refractivity (Wildman–Crippen MR) is 203 cm³/mol. The minimum atomic E-state index is -2.11. The first kappa shape index (κ1) is 45.7. The average molecular weight is 862 g/mol. The van der Waals surface area contributed by atoms with Gasteiger partial charge in [0.2, 0.25) is 0 Å². The summed E-state index contributed by atoms with van der Waals surface area (Å²) in [5, 5.41) is 74.7. The van der Waals surface area contributed by atoms with Gasteiger partial charge in [-0.05, 0) is 41.8 Å². The molecule has 0 amide bonds. The smallest absolute Gasteiger partial charge is 0.187 e. The van der Waals surface area contributed by atoms with E-state index in [-0.39, 0.29) is 26.1 Å². The third-order valence-electron chi connectivity index (χ3n) is 9.69. The zero-order valence-corrected chi connectivity index (χ0v) is 32.9. The van der Waals surface area contributed by atoms with Crippen molar-refractivity contribution in [1.82, 2.24) is 0 Å². The summed E-state index contributed by atoms with van der Waals surface area (Å²) in [5.74, 6) is 0. The Bertz CT molecular complexity index is 1710. The Hall–Kier alpha value is -2.36. The van der Waals surface area contributed by atoms with Crippen LogP contribution >= 0.6 is 34.8 Å². The van der Waals surface area contributed by atoms with Gasteiger partial charge in [-0.1, -0.05) is 89.4 Å². The number of halogens is 3. The summed E-state index contributed by atoms with van der Waals surface area (Å²) >= 11 is 19.5. The van der Waals surface area contributed by atoms with Crippen molar-refractivity contribution in [2.45, 2.75) is 113 Å². The second-order valence-corrected chi connectivity index (χ2v) is 14.8. The Morgan fingerprint density at radius 3 is 1.65 bits per heavy atom. The molecule has 0 radical (unpaired) electrons. The van der Waals surface area contributed by atoms with Crippen LogP contribution in [0.25, 0.3) is 0 Å². The lowest BCUT2D eigenvalue weighted by Gasteiger charge is -2.49. The standard InChI is InChI=1S/C39H47Cl3O15/c1-20-33(51-17-21-8-2-5-11-24(21)40)36(52-18-22-9-3-6-12-25(22)41)37(53-19-23-10-4-7-13-26(23)42)39(54-20)57-35-32(50)31(49)29(16-45)55-38(35)56-34(28(47)15-44)30(48)27(46)14-43/h2-14,20,27-39,44-50H,15-19H2,1H3/t20-,27-,28+,29+,30+,31-,32-,33+,34+,35+,36+,37-,38-,39-/m0/s1. The number of aldehydes is 1. The van der Waals surface area contributed by atoms with Crippen molar-refractivity contribution in [3.8, 4) is 0 Å². The molecule has 0 spiro atoms. The first-order valence-corrected chi connectivity index (χ1v) is 19.3. The van der Waals surface area contributed by atoms with Gasteiger partial charge in [-0.25, -0.2) is 0 Å². The van der Waals surface area contributed by atoms with Gasteiger partial charge in [0.25, 0.3) is 0 Å². The summed E-state index contributed by atoms with van der Waals surface area (Å²) < 4.78 is 43.9. The fourth-order valence-corrected chi connectivity index (χ4v) is 7.05. The van der Waals surface area contributed by atoms with Crippen LogP contribution in [0.1, 0.15) is 23.6 Å². The van der Waals surface area contributed by atoms with Gasteiger partial charge in [-0.2, -0.15) is 0 Å². The van der Waals surface area contributed by atoms with E-state index in [1.165, 1.54) is 0 Å². The SMILES string of the molecule is C[C@@H]1O[C@@H](O[C@H]2[C@H](O[C@@H]([C@H](O)[C@@H](O)C=O)[C@H](O)CO)O[C@H](CO)[C@H](O)[C@@H]2O)[C@@H](OCc2ccccc2Cl)[C@H](OCc2ccccc2Cl)[C@@H]1OCc1ccccc1Cl. The van der Waals surface area contributed by atoms with Crippen molar-refractivity contribution in [3.05, 3.63) is 105 Å². The quantitative estimate of drug-likeness (QED) is 0.0856. The van der Waals surface area contributed by atoms with Crippen LogP contribution in [0.4, 0.5) is 0 Å². The Kier molecular flexibility index (Phi) is 17.5. The molecule has 2 heterocycles. The van der Waals surface area contributed by atoms with Gasteiger partial charge in [-0.3, -0.25) is 0 Å². The van der Waals surface area contributed by atoms with E-state index in [0.717, 1.165) is 0 Å². The third kappa shape index (κ3) is 11.5. The van der Waals surface area contributed by atoms with Crippen LogP contribution in [0.3, 0.4) is 0 Å². The fraction of sp³-hybridized carbons (Fsp3) is 0.513. The summed E-state index contributed by atoms with van der Waals surface area (Å²) in [4.78, 5) is 11.3. The minimum Gasteiger partial charge on any atom is -0.394 e. The number of carbonyl (C=O) groups excluding carboxylic acids is 1. The molecule has 14 atom stereocenters. The summed E-state index contributed by atoms with van der Waals surface area (Å²) in [6, 6.07) is 21.1. The second kappa shape index (κ2) is 21.8. The van der Waals surface area contributed by atoms with Crippen LogP contribution in [0.15, 0.2) is 72.8 Å². The molecule has 2 aliphatic heterocycles. The molecule has 3 aromatic carbocycles. The monoisotopic (exact) mass is 860 g/mol. The van der Waals surface area contributed by atoms with E-state index in [9.17, 15) is 40.5 Å². The Balaban J connectivity index is 1.53. The van der Waals surface area contributed by atoms with Crippen LogP contribution < -0.4 is 0 Å². The van der Waals surface area contributed by atoms with Crippen LogP contribution in [-0.4, -0.2) is 141 Å². The van der Waals surface area contributed by atoms with Gasteiger partial charge in [0.15, 0.2) is 18.9 Å². The number of benzene rings is 3. The van der Waals surface area contributed by atoms with E-state index in [1.54, 1.807) is 73.7 Å². The van der Waals surface area contributed by atoms with E-state index in [0.29, 0.717) is 31.8 Å². The highest BCUT2D eigenvalue weighted by atomic mass is 35.5. The second-order valence-electron chi connectivity index (χ2n) is 13.6. The molecule has 3 aromatic rings. The molecule has 18 heteroatoms. The fourth-order valence-electron chi connectivity index (χ4n) is 6.48. The van der Waals surface area contributed by atoms with Gasteiger partial charge in [0, 0.05) is 15.1 Å². The number of ether oxygens (including phenoxy) is 7. The number of rotatable bonds is 19. The molecule has 5 rings (SSSR count). The third-order valence-corrected chi connectivity index (χ3v) is 10.8. The first-order chi connectivity index (χ1) is 27.4. The zero-order valence-electron chi connectivity index (χ0n) is 30.7. The summed E-state index contributed by atoms with van der Waals surface area (Å²) in [6.45, 7) is -0.229. The lowest BCUT2D eigenvalue weighted by molar-refractivity contribution is -0.382. The highest BCUT2D eigenvalue weighted by Crippen LogP contribution is 2.36. The van der Waals surface area contributed by atoms with Gasteiger partial charge in [0.05, 0.1) is 39.1 Å². The molecule has 314 valence electrons. The highest BCUT2D eigenvalue weighted by Gasteiger charge is 2.53. The summed E-state index contributed by atoms with van der Waals surface area (Å²) in [6.07, 6.45) is -22.2. The molecule has 0 unspecified atom stereocenters. The maximum absolute atomic E-state index is 11.5. The topological polar surface area (TPSA) is 223 Å². The maximum Gasteiger partial charge on any atom is 0.187 e. The number of carbonyl (C=O) groups is 1. The molecule has 0 bridgehead atoms.